The molecule has 3 heteroatoms. The van der Waals surface area contributed by atoms with Gasteiger partial charge in [-0.3, -0.25) is 4.79 Å². The number of benzene rings is 1. The van der Waals surface area contributed by atoms with E-state index in [1.165, 1.54) is 16.7 Å². The maximum absolute atomic E-state index is 12.3. The lowest BCUT2D eigenvalue weighted by molar-refractivity contribution is -0.115. The standard InChI is InChI=1S/C17H18ClNO/c1-10-8-13(14-9-11(19)6-7-15(14)18)12-4-2-3-5-16(20)17(10)12/h6-7,9H,2-5,8,19H2,1H3. The molecule has 3 rings (SSSR count). The van der Waals surface area contributed by atoms with Crippen LogP contribution >= 0.6 is 11.6 Å². The van der Waals surface area contributed by atoms with Crippen LogP contribution in [0.15, 0.2) is 34.9 Å². The number of carbonyl (C=O) groups is 1. The third kappa shape index (κ3) is 2.18. The Morgan fingerprint density at radius 1 is 1.15 bits per heavy atom. The summed E-state index contributed by atoms with van der Waals surface area (Å²) in [5, 5.41) is 0.715. The molecule has 0 amide bonds. The molecule has 2 N–H and O–H groups in total. The van der Waals surface area contributed by atoms with Crippen LogP contribution in [0.25, 0.3) is 5.57 Å². The quantitative estimate of drug-likeness (QED) is 0.771. The number of hydrogen-bond donors (Lipinski definition) is 1. The first kappa shape index (κ1) is 13.4. The number of nitrogens with two attached hydrogens (primary N) is 1. The van der Waals surface area contributed by atoms with Gasteiger partial charge >= 0.3 is 0 Å². The maximum Gasteiger partial charge on any atom is 0.163 e. The molecule has 0 heterocycles. The lowest BCUT2D eigenvalue weighted by atomic mass is 9.95. The Hall–Kier alpha value is -1.54. The van der Waals surface area contributed by atoms with Crippen molar-refractivity contribution in [2.45, 2.75) is 39.0 Å². The summed E-state index contributed by atoms with van der Waals surface area (Å²) in [5.74, 6) is 0.296. The Bertz CT molecular complexity index is 655. The normalized spacial score (nSPS) is 19.4. The number of ketones is 1. The van der Waals surface area contributed by atoms with E-state index >= 15 is 0 Å². The van der Waals surface area contributed by atoms with E-state index in [0.29, 0.717) is 22.9 Å². The number of rotatable bonds is 1. The summed E-state index contributed by atoms with van der Waals surface area (Å²) in [7, 11) is 0. The second kappa shape index (κ2) is 5.10. The highest BCUT2D eigenvalue weighted by atomic mass is 35.5. The molecular weight excluding hydrogens is 270 g/mol. The van der Waals surface area contributed by atoms with Crippen molar-refractivity contribution in [1.29, 1.82) is 0 Å². The first-order valence-electron chi connectivity index (χ1n) is 7.08. The lowest BCUT2D eigenvalue weighted by Gasteiger charge is -2.11. The van der Waals surface area contributed by atoms with E-state index in [1.807, 2.05) is 18.2 Å². The predicted octanol–water partition coefficient (Wildman–Crippen LogP) is 4.54. The molecule has 0 atom stereocenters. The summed E-state index contributed by atoms with van der Waals surface area (Å²) in [5.41, 5.74) is 12.2. The molecule has 0 aliphatic heterocycles. The average molecular weight is 288 g/mol. The van der Waals surface area contributed by atoms with Crippen molar-refractivity contribution in [3.63, 3.8) is 0 Å². The second-order valence-electron chi connectivity index (χ2n) is 5.66. The summed E-state index contributed by atoms with van der Waals surface area (Å²) in [4.78, 5) is 12.3. The lowest BCUT2D eigenvalue weighted by Crippen LogP contribution is -2.01. The Balaban J connectivity index is 2.15. The highest BCUT2D eigenvalue weighted by Gasteiger charge is 2.29. The largest absolute Gasteiger partial charge is 0.399 e. The summed E-state index contributed by atoms with van der Waals surface area (Å²) < 4.78 is 0. The van der Waals surface area contributed by atoms with Crippen molar-refractivity contribution >= 4 is 28.6 Å². The topological polar surface area (TPSA) is 43.1 Å². The van der Waals surface area contributed by atoms with Gasteiger partial charge in [-0.1, -0.05) is 17.2 Å². The van der Waals surface area contributed by atoms with Crippen molar-refractivity contribution in [1.82, 2.24) is 0 Å². The molecule has 1 saturated carbocycles. The van der Waals surface area contributed by atoms with Crippen LogP contribution in [0.2, 0.25) is 5.02 Å². The molecule has 0 bridgehead atoms. The molecule has 0 spiro atoms. The third-order valence-corrected chi connectivity index (χ3v) is 4.54. The van der Waals surface area contributed by atoms with Crippen molar-refractivity contribution in [3.8, 4) is 0 Å². The van der Waals surface area contributed by atoms with Crippen molar-refractivity contribution in [2.24, 2.45) is 0 Å². The van der Waals surface area contributed by atoms with E-state index in [0.717, 1.165) is 36.8 Å². The van der Waals surface area contributed by atoms with Gasteiger partial charge in [-0.2, -0.15) is 0 Å². The Morgan fingerprint density at radius 3 is 2.70 bits per heavy atom. The van der Waals surface area contributed by atoms with Gasteiger partial charge in [0.1, 0.15) is 0 Å². The smallest absolute Gasteiger partial charge is 0.163 e. The number of halogens is 1. The summed E-state index contributed by atoms with van der Waals surface area (Å²) >= 11 is 6.34. The van der Waals surface area contributed by atoms with Crippen molar-refractivity contribution in [2.75, 3.05) is 5.73 Å². The van der Waals surface area contributed by atoms with Crippen LogP contribution in [0.1, 0.15) is 44.6 Å². The van der Waals surface area contributed by atoms with Gasteiger partial charge in [-0.15, -0.1) is 0 Å². The van der Waals surface area contributed by atoms with Gasteiger partial charge in [0.25, 0.3) is 0 Å². The van der Waals surface area contributed by atoms with Gasteiger partial charge < -0.3 is 5.73 Å². The fraction of sp³-hybridized carbons (Fsp3) is 0.353. The highest BCUT2D eigenvalue weighted by molar-refractivity contribution is 6.32. The van der Waals surface area contributed by atoms with Crippen LogP contribution in [0.3, 0.4) is 0 Å². The minimum absolute atomic E-state index is 0.296. The van der Waals surface area contributed by atoms with Crippen molar-refractivity contribution in [3.05, 3.63) is 45.5 Å². The van der Waals surface area contributed by atoms with Gasteiger partial charge in [0.05, 0.1) is 0 Å². The highest BCUT2D eigenvalue weighted by Crippen LogP contribution is 2.44. The molecule has 2 nitrogen and oxygen atoms in total. The number of Topliss-reactive ketones (excluding diaryl/α,β-unsaturated/α-hetero) is 1. The third-order valence-electron chi connectivity index (χ3n) is 4.21. The summed E-state index contributed by atoms with van der Waals surface area (Å²) in [6.45, 7) is 2.06. The number of anilines is 1. The van der Waals surface area contributed by atoms with Crippen LogP contribution in [-0.4, -0.2) is 5.78 Å². The zero-order valence-electron chi connectivity index (χ0n) is 11.6. The minimum Gasteiger partial charge on any atom is -0.399 e. The summed E-state index contributed by atoms with van der Waals surface area (Å²) in [6.07, 6.45) is 4.52. The molecule has 20 heavy (non-hydrogen) atoms. The van der Waals surface area contributed by atoms with E-state index in [9.17, 15) is 4.79 Å². The average Bonchev–Trinajstić information content (AvgIpc) is 2.61. The molecule has 104 valence electrons. The van der Waals surface area contributed by atoms with E-state index in [2.05, 4.69) is 6.92 Å². The predicted molar refractivity (Wildman–Crippen MR) is 83.6 cm³/mol. The van der Waals surface area contributed by atoms with Gasteiger partial charge in [0, 0.05) is 22.7 Å². The molecule has 2 aliphatic carbocycles. The van der Waals surface area contributed by atoms with Crippen LogP contribution in [0, 0.1) is 0 Å². The second-order valence-corrected chi connectivity index (χ2v) is 6.07. The number of fused-ring (bicyclic) bond motifs is 1. The molecule has 0 radical (unpaired) electrons. The van der Waals surface area contributed by atoms with E-state index in [4.69, 9.17) is 17.3 Å². The maximum atomic E-state index is 12.3. The van der Waals surface area contributed by atoms with Crippen LogP contribution in [0.4, 0.5) is 5.69 Å². The van der Waals surface area contributed by atoms with Crippen LogP contribution < -0.4 is 5.73 Å². The first-order chi connectivity index (χ1) is 9.58. The first-order valence-corrected chi connectivity index (χ1v) is 7.46. The SMILES string of the molecule is CC1=C2C(=O)CCCCC2=C(c2cc(N)ccc2Cl)C1. The van der Waals surface area contributed by atoms with E-state index < -0.39 is 0 Å². The number of carbonyl (C=O) groups excluding carboxylic acids is 1. The van der Waals surface area contributed by atoms with E-state index in [-0.39, 0.29) is 0 Å². The van der Waals surface area contributed by atoms with Gasteiger partial charge in [-0.05, 0) is 67.5 Å². The Morgan fingerprint density at radius 2 is 1.90 bits per heavy atom. The molecule has 2 aliphatic rings. The zero-order chi connectivity index (χ0) is 14.3. The minimum atomic E-state index is 0.296. The van der Waals surface area contributed by atoms with Gasteiger partial charge in [0.2, 0.25) is 0 Å². The van der Waals surface area contributed by atoms with Crippen LogP contribution in [0.5, 0.6) is 0 Å². The molecule has 0 unspecified atom stereocenters. The van der Waals surface area contributed by atoms with Crippen molar-refractivity contribution < 1.29 is 4.79 Å². The monoisotopic (exact) mass is 287 g/mol. The fourth-order valence-electron chi connectivity index (χ4n) is 3.30. The molecule has 1 aromatic carbocycles. The molecule has 0 aromatic heterocycles. The Labute approximate surface area is 124 Å². The number of nitrogen functional groups attached to an aromatic ring is 1. The summed E-state index contributed by atoms with van der Waals surface area (Å²) in [6, 6.07) is 5.58. The van der Waals surface area contributed by atoms with Gasteiger partial charge in [-0.25, -0.2) is 0 Å². The molecule has 1 aromatic rings. The Kier molecular flexibility index (Phi) is 3.43. The zero-order valence-corrected chi connectivity index (χ0v) is 12.4. The molecule has 1 fully saturated rings. The number of allylic oxidation sites excluding steroid dienone is 4. The van der Waals surface area contributed by atoms with Crippen LogP contribution in [-0.2, 0) is 4.79 Å². The molecular formula is C17H18ClNO. The number of hydrogen-bond acceptors (Lipinski definition) is 2. The fourth-order valence-corrected chi connectivity index (χ4v) is 3.53. The van der Waals surface area contributed by atoms with Gasteiger partial charge in [0.15, 0.2) is 5.78 Å². The van der Waals surface area contributed by atoms with E-state index in [1.54, 1.807) is 0 Å². The molecule has 0 saturated heterocycles.